The maximum absolute atomic E-state index is 13.8. The molecule has 3 aromatic rings. The molecule has 1 N–H and O–H groups in total. The third-order valence-corrected chi connectivity index (χ3v) is 5.73. The maximum atomic E-state index is 13.8. The van der Waals surface area contributed by atoms with Crippen molar-refractivity contribution in [2.45, 2.75) is 27.7 Å². The lowest BCUT2D eigenvalue weighted by atomic mass is 9.99. The van der Waals surface area contributed by atoms with Gasteiger partial charge in [-0.15, -0.1) is 0 Å². The Balaban J connectivity index is 1.86. The molecule has 6 heteroatoms. The number of carbonyl (C=O) groups is 2. The van der Waals surface area contributed by atoms with Gasteiger partial charge in [-0.3, -0.25) is 9.59 Å². The second kappa shape index (κ2) is 9.83. The van der Waals surface area contributed by atoms with E-state index in [2.05, 4.69) is 5.32 Å². The topological polar surface area (TPSA) is 67.9 Å². The Morgan fingerprint density at radius 2 is 1.41 bits per heavy atom. The molecule has 2 amide bonds. The van der Waals surface area contributed by atoms with Crippen LogP contribution in [0.3, 0.4) is 0 Å². The summed E-state index contributed by atoms with van der Waals surface area (Å²) < 4.78 is 11.5. The minimum absolute atomic E-state index is 0.201. The van der Waals surface area contributed by atoms with Crippen LogP contribution in [0, 0.1) is 13.8 Å². The summed E-state index contributed by atoms with van der Waals surface area (Å²) in [4.78, 5) is 28.8. The fraction of sp³-hybridized carbons (Fsp3) is 0.214. The van der Waals surface area contributed by atoms with E-state index in [4.69, 9.17) is 9.47 Å². The van der Waals surface area contributed by atoms with E-state index in [-0.39, 0.29) is 5.70 Å². The van der Waals surface area contributed by atoms with Crippen LogP contribution in [0.1, 0.15) is 30.5 Å². The number of imide groups is 1. The molecule has 174 valence electrons. The van der Waals surface area contributed by atoms with Gasteiger partial charge >= 0.3 is 0 Å². The average molecular weight is 457 g/mol. The number of para-hydroxylation sites is 4. The Morgan fingerprint density at radius 3 is 2.12 bits per heavy atom. The van der Waals surface area contributed by atoms with Gasteiger partial charge in [0.25, 0.3) is 11.8 Å². The number of hydrogen-bond donors (Lipinski definition) is 1. The van der Waals surface area contributed by atoms with Gasteiger partial charge in [0.05, 0.1) is 30.2 Å². The number of nitrogens with zero attached hydrogens (tertiary/aromatic N) is 1. The molecular formula is C28H28N2O4. The molecule has 6 nitrogen and oxygen atoms in total. The number of carbonyl (C=O) groups excluding carboxylic acids is 2. The van der Waals surface area contributed by atoms with Crippen molar-refractivity contribution in [3.63, 3.8) is 0 Å². The van der Waals surface area contributed by atoms with Crippen LogP contribution in [0.25, 0.3) is 5.57 Å². The van der Waals surface area contributed by atoms with Gasteiger partial charge in [-0.25, -0.2) is 4.90 Å². The Morgan fingerprint density at radius 1 is 0.765 bits per heavy atom. The van der Waals surface area contributed by atoms with Crippen molar-refractivity contribution < 1.29 is 19.1 Å². The fourth-order valence-electron chi connectivity index (χ4n) is 3.93. The van der Waals surface area contributed by atoms with Gasteiger partial charge in [-0.2, -0.15) is 0 Å². The van der Waals surface area contributed by atoms with Gasteiger partial charge in [0, 0.05) is 0 Å². The van der Waals surface area contributed by atoms with E-state index in [0.717, 1.165) is 11.1 Å². The van der Waals surface area contributed by atoms with Gasteiger partial charge in [0.15, 0.2) is 0 Å². The summed E-state index contributed by atoms with van der Waals surface area (Å²) in [5.74, 6) is 0.223. The highest BCUT2D eigenvalue weighted by molar-refractivity contribution is 6.46. The predicted octanol–water partition coefficient (Wildman–Crippen LogP) is 5.50. The van der Waals surface area contributed by atoms with Crippen LogP contribution in [0.4, 0.5) is 11.4 Å². The summed E-state index contributed by atoms with van der Waals surface area (Å²) in [5, 5.41) is 3.21. The van der Waals surface area contributed by atoms with Gasteiger partial charge in [-0.05, 0) is 68.7 Å². The zero-order valence-corrected chi connectivity index (χ0v) is 19.8. The van der Waals surface area contributed by atoms with E-state index in [1.807, 2.05) is 76.2 Å². The van der Waals surface area contributed by atoms with Crippen LogP contribution in [-0.4, -0.2) is 25.0 Å². The van der Waals surface area contributed by atoms with Crippen molar-refractivity contribution in [3.05, 3.63) is 89.1 Å². The van der Waals surface area contributed by atoms with E-state index in [1.165, 1.54) is 4.90 Å². The van der Waals surface area contributed by atoms with E-state index in [0.29, 0.717) is 47.2 Å². The summed E-state index contributed by atoms with van der Waals surface area (Å²) in [7, 11) is 0. The number of ether oxygens (including phenoxy) is 2. The molecule has 0 fully saturated rings. The van der Waals surface area contributed by atoms with Crippen molar-refractivity contribution in [3.8, 4) is 11.5 Å². The number of anilines is 2. The molecule has 0 spiro atoms. The summed E-state index contributed by atoms with van der Waals surface area (Å²) in [6.07, 6.45) is 0. The lowest BCUT2D eigenvalue weighted by molar-refractivity contribution is -0.120. The number of nitrogens with one attached hydrogen (secondary N) is 1. The average Bonchev–Trinajstić information content (AvgIpc) is 3.07. The molecule has 0 aliphatic carbocycles. The Labute approximate surface area is 199 Å². The van der Waals surface area contributed by atoms with Crippen LogP contribution in [-0.2, 0) is 9.59 Å². The molecule has 1 heterocycles. The first kappa shape index (κ1) is 23.1. The smallest absolute Gasteiger partial charge is 0.282 e. The number of rotatable bonds is 8. The second-order valence-corrected chi connectivity index (χ2v) is 7.95. The first-order chi connectivity index (χ1) is 16.5. The summed E-state index contributed by atoms with van der Waals surface area (Å²) in [6.45, 7) is 8.64. The molecule has 34 heavy (non-hydrogen) atoms. The van der Waals surface area contributed by atoms with E-state index >= 15 is 0 Å². The van der Waals surface area contributed by atoms with Crippen LogP contribution >= 0.6 is 0 Å². The monoisotopic (exact) mass is 456 g/mol. The molecule has 1 aliphatic rings. The van der Waals surface area contributed by atoms with Crippen LogP contribution in [0.2, 0.25) is 0 Å². The van der Waals surface area contributed by atoms with E-state index in [9.17, 15) is 9.59 Å². The molecule has 0 aromatic heterocycles. The van der Waals surface area contributed by atoms with Crippen LogP contribution in [0.15, 0.2) is 72.4 Å². The molecule has 0 saturated carbocycles. The molecule has 1 aliphatic heterocycles. The number of amides is 2. The highest BCUT2D eigenvalue weighted by Crippen LogP contribution is 2.39. The fourth-order valence-corrected chi connectivity index (χ4v) is 3.93. The Kier molecular flexibility index (Phi) is 6.68. The zero-order chi connectivity index (χ0) is 24.2. The van der Waals surface area contributed by atoms with Gasteiger partial charge in [0.1, 0.15) is 17.2 Å². The lowest BCUT2D eigenvalue weighted by Gasteiger charge is -2.19. The van der Waals surface area contributed by atoms with Gasteiger partial charge in [0.2, 0.25) is 0 Å². The first-order valence-electron chi connectivity index (χ1n) is 11.4. The third-order valence-electron chi connectivity index (χ3n) is 5.73. The number of benzene rings is 3. The van der Waals surface area contributed by atoms with Gasteiger partial charge < -0.3 is 14.8 Å². The van der Waals surface area contributed by atoms with Gasteiger partial charge in [-0.1, -0.05) is 42.5 Å². The lowest BCUT2D eigenvalue weighted by Crippen LogP contribution is -2.32. The third kappa shape index (κ3) is 4.27. The largest absolute Gasteiger partial charge is 0.492 e. The van der Waals surface area contributed by atoms with Crippen molar-refractivity contribution in [1.29, 1.82) is 0 Å². The maximum Gasteiger partial charge on any atom is 0.282 e. The zero-order valence-electron chi connectivity index (χ0n) is 19.8. The highest BCUT2D eigenvalue weighted by Gasteiger charge is 2.41. The number of aryl methyl sites for hydroxylation is 2. The van der Waals surface area contributed by atoms with Crippen LogP contribution in [0.5, 0.6) is 11.5 Å². The Hall–Kier alpha value is -4.06. The molecule has 4 rings (SSSR count). The first-order valence-corrected chi connectivity index (χ1v) is 11.4. The van der Waals surface area contributed by atoms with Crippen LogP contribution < -0.4 is 19.7 Å². The normalized spacial score (nSPS) is 13.5. The minimum Gasteiger partial charge on any atom is -0.492 e. The molecule has 0 atom stereocenters. The summed E-state index contributed by atoms with van der Waals surface area (Å²) in [6, 6.07) is 20.2. The standard InChI is InChI=1S/C28H28N2O4/c1-5-33-23-13-9-7-11-21(23)29-26-25(20-16-15-18(3)19(4)17-20)27(31)30(28(26)32)22-12-8-10-14-24(22)34-6-2/h7-17,29H,5-6H2,1-4H3. The van der Waals surface area contributed by atoms with E-state index < -0.39 is 11.8 Å². The van der Waals surface area contributed by atoms with Crippen molar-refractivity contribution in [2.24, 2.45) is 0 Å². The molecular weight excluding hydrogens is 428 g/mol. The summed E-state index contributed by atoms with van der Waals surface area (Å²) in [5.41, 5.74) is 4.35. The van der Waals surface area contributed by atoms with E-state index in [1.54, 1.807) is 18.2 Å². The van der Waals surface area contributed by atoms with Crippen molar-refractivity contribution >= 4 is 28.8 Å². The minimum atomic E-state index is -0.448. The number of hydrogen-bond acceptors (Lipinski definition) is 5. The van der Waals surface area contributed by atoms with Crippen molar-refractivity contribution in [2.75, 3.05) is 23.4 Å². The SMILES string of the molecule is CCOc1ccccc1NC1=C(c2ccc(C)c(C)c2)C(=O)N(c2ccccc2OCC)C1=O. The molecule has 0 saturated heterocycles. The molecule has 0 unspecified atom stereocenters. The van der Waals surface area contributed by atoms with Crippen molar-refractivity contribution in [1.82, 2.24) is 0 Å². The highest BCUT2D eigenvalue weighted by atomic mass is 16.5. The predicted molar refractivity (Wildman–Crippen MR) is 134 cm³/mol. The molecule has 0 radical (unpaired) electrons. The summed E-state index contributed by atoms with van der Waals surface area (Å²) >= 11 is 0. The second-order valence-electron chi connectivity index (χ2n) is 7.95. The molecule has 0 bridgehead atoms. The Bertz CT molecular complexity index is 1280. The molecule has 3 aromatic carbocycles. The quantitative estimate of drug-likeness (QED) is 0.454.